The fraction of sp³-hybridized carbons (Fsp3) is 0.467. The van der Waals surface area contributed by atoms with Crippen molar-refractivity contribution in [2.24, 2.45) is 0 Å². The summed E-state index contributed by atoms with van der Waals surface area (Å²) in [5, 5.41) is 0. The maximum Gasteiger partial charge on any atom is 0.417 e. The minimum Gasteiger partial charge on any atom is -0.439 e. The van der Waals surface area contributed by atoms with Crippen molar-refractivity contribution in [1.82, 2.24) is 9.21 Å². The van der Waals surface area contributed by atoms with Gasteiger partial charge in [-0.15, -0.1) is 0 Å². The van der Waals surface area contributed by atoms with E-state index in [4.69, 9.17) is 0 Å². The second-order valence-corrected chi connectivity index (χ2v) is 7.76. The van der Waals surface area contributed by atoms with Gasteiger partial charge in [0.15, 0.2) is 6.61 Å². The van der Waals surface area contributed by atoms with Crippen molar-refractivity contribution < 1.29 is 22.7 Å². The second-order valence-electron chi connectivity index (χ2n) is 5.67. The van der Waals surface area contributed by atoms with Gasteiger partial charge < -0.3 is 4.74 Å². The Morgan fingerprint density at radius 3 is 2.57 bits per heavy atom. The van der Waals surface area contributed by atoms with Crippen LogP contribution >= 0.6 is 0 Å². The van der Waals surface area contributed by atoms with Crippen molar-refractivity contribution in [3.05, 3.63) is 35.9 Å². The number of hydrogen-bond acceptors (Lipinski definition) is 5. The van der Waals surface area contributed by atoms with Gasteiger partial charge in [-0.05, 0) is 18.4 Å². The van der Waals surface area contributed by atoms with Gasteiger partial charge >= 0.3 is 6.09 Å². The van der Waals surface area contributed by atoms with Gasteiger partial charge in [-0.25, -0.2) is 18.1 Å². The van der Waals surface area contributed by atoms with Crippen LogP contribution in [0.15, 0.2) is 30.3 Å². The third-order valence-electron chi connectivity index (χ3n) is 4.16. The first-order valence-electron chi connectivity index (χ1n) is 7.48. The lowest BCUT2D eigenvalue weighted by Gasteiger charge is -2.20. The van der Waals surface area contributed by atoms with E-state index in [1.165, 1.54) is 4.31 Å². The van der Waals surface area contributed by atoms with Crippen LogP contribution in [0.2, 0.25) is 0 Å². The number of hydrogen-bond donors (Lipinski definition) is 0. The van der Waals surface area contributed by atoms with Crippen LogP contribution in [0.25, 0.3) is 0 Å². The molecule has 124 valence electrons. The third-order valence-corrected chi connectivity index (χ3v) is 6.00. The molecular formula is C15H18N2O5S. The Bertz CT molecular complexity index is 688. The van der Waals surface area contributed by atoms with E-state index < -0.39 is 28.1 Å². The van der Waals surface area contributed by atoms with E-state index in [0.29, 0.717) is 19.4 Å². The number of imide groups is 1. The Kier molecular flexibility index (Phi) is 4.36. The van der Waals surface area contributed by atoms with Crippen molar-refractivity contribution in [2.45, 2.75) is 18.9 Å². The summed E-state index contributed by atoms with van der Waals surface area (Å²) in [5.41, 5.74) is 0.963. The largest absolute Gasteiger partial charge is 0.439 e. The lowest BCUT2D eigenvalue weighted by molar-refractivity contribution is -0.127. The molecule has 23 heavy (non-hydrogen) atoms. The fourth-order valence-corrected chi connectivity index (χ4v) is 4.45. The molecular weight excluding hydrogens is 320 g/mol. The van der Waals surface area contributed by atoms with Crippen LogP contribution in [0.3, 0.4) is 0 Å². The van der Waals surface area contributed by atoms with Gasteiger partial charge in [-0.3, -0.25) is 4.79 Å². The SMILES string of the molecule is O=C1COC(=O)N1C1CCN(S(=O)(=O)CCc2ccccc2)C1. The molecule has 0 radical (unpaired) electrons. The molecule has 2 heterocycles. The second kappa shape index (κ2) is 6.29. The quantitative estimate of drug-likeness (QED) is 0.785. The molecule has 2 fully saturated rings. The third kappa shape index (κ3) is 3.37. The summed E-state index contributed by atoms with van der Waals surface area (Å²) in [5.74, 6) is -0.384. The molecule has 2 aliphatic rings. The lowest BCUT2D eigenvalue weighted by atomic mass is 10.2. The summed E-state index contributed by atoms with van der Waals surface area (Å²) in [6.45, 7) is 0.215. The number of nitrogens with zero attached hydrogens (tertiary/aromatic N) is 2. The summed E-state index contributed by atoms with van der Waals surface area (Å²) in [7, 11) is -3.41. The lowest BCUT2D eigenvalue weighted by Crippen LogP contribution is -2.42. The van der Waals surface area contributed by atoms with Crippen LogP contribution in [0.5, 0.6) is 0 Å². The van der Waals surface area contributed by atoms with Gasteiger partial charge in [-0.2, -0.15) is 4.31 Å². The van der Waals surface area contributed by atoms with Gasteiger partial charge in [0.25, 0.3) is 5.91 Å². The van der Waals surface area contributed by atoms with Crippen LogP contribution in [0.1, 0.15) is 12.0 Å². The Hall–Kier alpha value is -1.93. The maximum absolute atomic E-state index is 12.4. The number of rotatable bonds is 5. The van der Waals surface area contributed by atoms with Crippen molar-refractivity contribution in [2.75, 3.05) is 25.4 Å². The highest BCUT2D eigenvalue weighted by molar-refractivity contribution is 7.89. The number of carbonyl (C=O) groups excluding carboxylic acids is 2. The summed E-state index contributed by atoms with van der Waals surface area (Å²) in [6.07, 6.45) is 0.212. The number of ether oxygens (including phenoxy) is 1. The first-order chi connectivity index (χ1) is 11.0. The van der Waals surface area contributed by atoms with E-state index in [-0.39, 0.29) is 18.9 Å². The molecule has 3 rings (SSSR count). The zero-order valence-corrected chi connectivity index (χ0v) is 13.4. The molecule has 1 unspecified atom stereocenters. The van der Waals surface area contributed by atoms with E-state index >= 15 is 0 Å². The topological polar surface area (TPSA) is 84.0 Å². The molecule has 0 saturated carbocycles. The van der Waals surface area contributed by atoms with Crippen LogP contribution in [0.4, 0.5) is 4.79 Å². The predicted octanol–water partition coefficient (Wildman–Crippen LogP) is 0.612. The molecule has 2 saturated heterocycles. The molecule has 0 bridgehead atoms. The highest BCUT2D eigenvalue weighted by atomic mass is 32.2. The highest BCUT2D eigenvalue weighted by Gasteiger charge is 2.42. The zero-order valence-electron chi connectivity index (χ0n) is 12.6. The van der Waals surface area contributed by atoms with E-state index in [2.05, 4.69) is 4.74 Å². The number of sulfonamides is 1. The van der Waals surface area contributed by atoms with E-state index in [9.17, 15) is 18.0 Å². The molecule has 1 aromatic rings. The van der Waals surface area contributed by atoms with E-state index in [1.807, 2.05) is 30.3 Å². The van der Waals surface area contributed by atoms with Crippen molar-refractivity contribution in [1.29, 1.82) is 0 Å². The fourth-order valence-electron chi connectivity index (χ4n) is 2.91. The first kappa shape index (κ1) is 15.9. The van der Waals surface area contributed by atoms with Crippen molar-refractivity contribution in [3.63, 3.8) is 0 Å². The Morgan fingerprint density at radius 1 is 1.17 bits per heavy atom. The van der Waals surface area contributed by atoms with E-state index in [0.717, 1.165) is 10.5 Å². The number of amides is 2. The molecule has 1 atom stereocenters. The van der Waals surface area contributed by atoms with Crippen molar-refractivity contribution >= 4 is 22.0 Å². The number of benzene rings is 1. The van der Waals surface area contributed by atoms with Crippen LogP contribution in [0, 0.1) is 0 Å². The Morgan fingerprint density at radius 2 is 1.91 bits per heavy atom. The number of carbonyl (C=O) groups is 2. The summed E-state index contributed by atoms with van der Waals surface area (Å²) in [6, 6.07) is 8.98. The van der Waals surface area contributed by atoms with Gasteiger partial charge in [-0.1, -0.05) is 30.3 Å². The molecule has 8 heteroatoms. The normalized spacial score (nSPS) is 22.6. The summed E-state index contributed by atoms with van der Waals surface area (Å²) < 4.78 is 30.9. The average molecular weight is 338 g/mol. The van der Waals surface area contributed by atoms with Crippen LogP contribution in [-0.4, -0.2) is 61.1 Å². The van der Waals surface area contributed by atoms with Crippen molar-refractivity contribution in [3.8, 4) is 0 Å². The van der Waals surface area contributed by atoms with Crippen LogP contribution < -0.4 is 0 Å². The molecule has 0 aromatic heterocycles. The molecule has 1 aromatic carbocycles. The smallest absolute Gasteiger partial charge is 0.417 e. The van der Waals surface area contributed by atoms with Gasteiger partial charge in [0, 0.05) is 13.1 Å². The van der Waals surface area contributed by atoms with Gasteiger partial charge in [0.05, 0.1) is 11.8 Å². The molecule has 0 aliphatic carbocycles. The highest BCUT2D eigenvalue weighted by Crippen LogP contribution is 2.22. The Balaban J connectivity index is 1.61. The minimum absolute atomic E-state index is 0.0160. The molecule has 0 spiro atoms. The number of aryl methyl sites for hydroxylation is 1. The van der Waals surface area contributed by atoms with Gasteiger partial charge in [0.2, 0.25) is 10.0 Å². The standard InChI is InChI=1S/C15H18N2O5S/c18-14-11-22-15(19)17(14)13-6-8-16(10-13)23(20,21)9-7-12-4-2-1-3-5-12/h1-5,13H,6-11H2. The zero-order chi connectivity index (χ0) is 16.4. The maximum atomic E-state index is 12.4. The monoisotopic (exact) mass is 338 g/mol. The molecule has 2 aliphatic heterocycles. The molecule has 2 amide bonds. The van der Waals surface area contributed by atoms with Crippen LogP contribution in [-0.2, 0) is 26.0 Å². The number of cyclic esters (lactones) is 1. The summed E-state index contributed by atoms with van der Waals surface area (Å²) in [4.78, 5) is 24.3. The predicted molar refractivity (Wildman–Crippen MR) is 82.1 cm³/mol. The van der Waals surface area contributed by atoms with E-state index in [1.54, 1.807) is 0 Å². The first-order valence-corrected chi connectivity index (χ1v) is 9.09. The average Bonchev–Trinajstić information content (AvgIpc) is 3.14. The van der Waals surface area contributed by atoms with Gasteiger partial charge in [0.1, 0.15) is 0 Å². The molecule has 7 nitrogen and oxygen atoms in total. The molecule has 0 N–H and O–H groups in total. The Labute approximate surface area is 134 Å². The minimum atomic E-state index is -3.41. The summed E-state index contributed by atoms with van der Waals surface area (Å²) >= 11 is 0.